The number of H-pyrrole nitrogens is 1. The fourth-order valence-corrected chi connectivity index (χ4v) is 4.62. The van der Waals surface area contributed by atoms with Crippen molar-refractivity contribution in [2.75, 3.05) is 0 Å². The maximum absolute atomic E-state index is 6.41. The summed E-state index contributed by atoms with van der Waals surface area (Å²) in [7, 11) is 0. The first-order valence-corrected chi connectivity index (χ1v) is 12.4. The number of tetrazole rings is 1. The van der Waals surface area contributed by atoms with Crippen LogP contribution in [0.3, 0.4) is 0 Å². The van der Waals surface area contributed by atoms with Gasteiger partial charge in [0.25, 0.3) is 0 Å². The van der Waals surface area contributed by atoms with E-state index in [1.807, 2.05) is 12.3 Å². The van der Waals surface area contributed by atoms with Gasteiger partial charge in [0.05, 0.1) is 0 Å². The van der Waals surface area contributed by atoms with Gasteiger partial charge in [0.15, 0.2) is 5.82 Å². The first kappa shape index (κ1) is 23.7. The number of nitrogens with zero attached hydrogens (tertiary/aromatic N) is 5. The van der Waals surface area contributed by atoms with Crippen LogP contribution in [0.25, 0.3) is 33.4 Å². The third-order valence-electron chi connectivity index (χ3n) is 6.18. The molecule has 7 nitrogen and oxygen atoms in total. The molecule has 0 fully saturated rings. The van der Waals surface area contributed by atoms with Crippen molar-refractivity contribution in [3.63, 3.8) is 0 Å². The third-order valence-corrected chi connectivity index (χ3v) is 6.18. The van der Waals surface area contributed by atoms with Crippen molar-refractivity contribution >= 4 is 10.9 Å². The lowest BCUT2D eigenvalue weighted by molar-refractivity contribution is 0.303. The van der Waals surface area contributed by atoms with E-state index in [2.05, 4.69) is 107 Å². The van der Waals surface area contributed by atoms with Gasteiger partial charge in [-0.1, -0.05) is 52.3 Å². The molecule has 36 heavy (non-hydrogen) atoms. The van der Waals surface area contributed by atoms with Crippen LogP contribution in [0.4, 0.5) is 0 Å². The van der Waals surface area contributed by atoms with Crippen LogP contribution in [0.15, 0.2) is 67.1 Å². The highest BCUT2D eigenvalue weighted by Crippen LogP contribution is 2.32. The smallest absolute Gasteiger partial charge is 0.180 e. The van der Waals surface area contributed by atoms with Crippen LogP contribution in [0, 0.1) is 5.41 Å². The van der Waals surface area contributed by atoms with Crippen molar-refractivity contribution in [2.45, 2.75) is 53.7 Å². The van der Waals surface area contributed by atoms with Crippen LogP contribution in [-0.4, -0.2) is 30.2 Å². The van der Waals surface area contributed by atoms with Gasteiger partial charge in [-0.3, -0.25) is 4.98 Å². The fraction of sp³-hybridized carbons (Fsp3) is 0.310. The normalized spacial score (nSPS) is 11.8. The molecule has 0 saturated carbocycles. The zero-order valence-electron chi connectivity index (χ0n) is 21.3. The van der Waals surface area contributed by atoms with Crippen LogP contribution < -0.4 is 4.74 Å². The molecule has 184 valence electrons. The lowest BCUT2D eigenvalue weighted by atomic mass is 9.97. The second-order valence-electron chi connectivity index (χ2n) is 10.4. The van der Waals surface area contributed by atoms with E-state index in [4.69, 9.17) is 4.74 Å². The van der Waals surface area contributed by atoms with Crippen molar-refractivity contribution in [3.8, 4) is 28.3 Å². The van der Waals surface area contributed by atoms with Crippen molar-refractivity contribution in [1.82, 2.24) is 30.2 Å². The van der Waals surface area contributed by atoms with Gasteiger partial charge in [-0.2, -0.15) is 0 Å². The first-order chi connectivity index (χ1) is 17.4. The molecule has 0 spiro atoms. The average Bonchev–Trinajstić information content (AvgIpc) is 3.54. The Labute approximate surface area is 211 Å². The number of benzene rings is 2. The number of rotatable bonds is 8. The predicted octanol–water partition coefficient (Wildman–Crippen LogP) is 6.46. The number of fused-ring (bicyclic) bond motifs is 1. The van der Waals surface area contributed by atoms with Crippen molar-refractivity contribution in [1.29, 1.82) is 0 Å². The van der Waals surface area contributed by atoms with Gasteiger partial charge >= 0.3 is 0 Å². The summed E-state index contributed by atoms with van der Waals surface area (Å²) in [6, 6.07) is 17.0. The van der Waals surface area contributed by atoms with Crippen LogP contribution in [0.5, 0.6) is 5.75 Å². The standard InChI is InChI=1S/C29H32N6O/c1-5-7-25-24-12-13-35(19-29(2,3)4)26(24)10-11-27(25)36-18-20-8-6-9-21(14-20)22-15-23(17-30-16-22)28-31-33-34-32-28/h6,8-17H,5,7,18-19H2,1-4H3,(H,31,32,33,34). The molecule has 0 bridgehead atoms. The van der Waals surface area contributed by atoms with E-state index >= 15 is 0 Å². The Bertz CT molecular complexity index is 1460. The summed E-state index contributed by atoms with van der Waals surface area (Å²) in [6.07, 6.45) is 7.86. The topological polar surface area (TPSA) is 81.5 Å². The highest BCUT2D eigenvalue weighted by atomic mass is 16.5. The molecular formula is C29H32N6O. The zero-order chi connectivity index (χ0) is 25.1. The highest BCUT2D eigenvalue weighted by Gasteiger charge is 2.16. The molecule has 0 radical (unpaired) electrons. The van der Waals surface area contributed by atoms with E-state index in [-0.39, 0.29) is 5.41 Å². The Hall–Kier alpha value is -4.00. The second-order valence-corrected chi connectivity index (χ2v) is 10.4. The van der Waals surface area contributed by atoms with Gasteiger partial charge in [0.2, 0.25) is 0 Å². The van der Waals surface area contributed by atoms with E-state index in [9.17, 15) is 0 Å². The monoisotopic (exact) mass is 480 g/mol. The summed E-state index contributed by atoms with van der Waals surface area (Å²) in [5.41, 5.74) is 6.80. The van der Waals surface area contributed by atoms with Gasteiger partial charge in [-0.15, -0.1) is 5.10 Å². The maximum atomic E-state index is 6.41. The molecule has 7 heteroatoms. The minimum Gasteiger partial charge on any atom is -0.489 e. The molecule has 0 amide bonds. The van der Waals surface area contributed by atoms with Gasteiger partial charge in [0.1, 0.15) is 12.4 Å². The molecule has 0 atom stereocenters. The SMILES string of the molecule is CCCc1c(OCc2cccc(-c3cncc(-c4nnn[nH]4)c3)c2)ccc2c1ccn2CC(C)(C)C. The summed E-state index contributed by atoms with van der Waals surface area (Å²) in [5, 5.41) is 15.4. The van der Waals surface area contributed by atoms with Crippen molar-refractivity contribution in [2.24, 2.45) is 5.41 Å². The Balaban J connectivity index is 1.38. The Morgan fingerprint density at radius 1 is 0.972 bits per heavy atom. The summed E-state index contributed by atoms with van der Waals surface area (Å²) in [4.78, 5) is 4.38. The molecule has 0 aliphatic rings. The summed E-state index contributed by atoms with van der Waals surface area (Å²) < 4.78 is 8.77. The van der Waals surface area contributed by atoms with E-state index < -0.39 is 0 Å². The molecular weight excluding hydrogens is 448 g/mol. The number of aromatic nitrogens is 6. The van der Waals surface area contributed by atoms with Gasteiger partial charge in [0, 0.05) is 52.7 Å². The number of nitrogens with one attached hydrogen (secondary N) is 1. The highest BCUT2D eigenvalue weighted by molar-refractivity contribution is 5.86. The molecule has 3 aromatic heterocycles. The third kappa shape index (κ3) is 5.15. The summed E-state index contributed by atoms with van der Waals surface area (Å²) >= 11 is 0. The molecule has 0 aliphatic heterocycles. The molecule has 1 N–H and O–H groups in total. The van der Waals surface area contributed by atoms with Crippen LogP contribution in [-0.2, 0) is 19.6 Å². The lowest BCUT2D eigenvalue weighted by Crippen LogP contribution is -2.14. The molecule has 0 saturated heterocycles. The minimum absolute atomic E-state index is 0.220. The molecule has 0 unspecified atom stereocenters. The molecule has 0 aliphatic carbocycles. The van der Waals surface area contributed by atoms with Crippen molar-refractivity contribution in [3.05, 3.63) is 78.2 Å². The summed E-state index contributed by atoms with van der Waals surface area (Å²) in [5.74, 6) is 1.56. The Morgan fingerprint density at radius 2 is 1.83 bits per heavy atom. The molecule has 2 aromatic carbocycles. The average molecular weight is 481 g/mol. The Kier molecular flexibility index (Phi) is 6.55. The van der Waals surface area contributed by atoms with E-state index in [0.29, 0.717) is 12.4 Å². The van der Waals surface area contributed by atoms with Crippen molar-refractivity contribution < 1.29 is 4.74 Å². The summed E-state index contributed by atoms with van der Waals surface area (Å²) in [6.45, 7) is 10.5. The minimum atomic E-state index is 0.220. The number of aryl methyl sites for hydroxylation is 1. The zero-order valence-corrected chi connectivity index (χ0v) is 21.3. The largest absolute Gasteiger partial charge is 0.489 e. The van der Waals surface area contributed by atoms with E-state index in [1.165, 1.54) is 16.5 Å². The van der Waals surface area contributed by atoms with Gasteiger partial charge < -0.3 is 9.30 Å². The lowest BCUT2D eigenvalue weighted by Gasteiger charge is -2.20. The quantitative estimate of drug-likeness (QED) is 0.276. The molecule has 5 aromatic rings. The van der Waals surface area contributed by atoms with E-state index in [1.54, 1.807) is 6.20 Å². The molecule has 5 rings (SSSR count). The Morgan fingerprint density at radius 3 is 2.61 bits per heavy atom. The van der Waals surface area contributed by atoms with Gasteiger partial charge in [-0.05, 0) is 63.7 Å². The number of aromatic amines is 1. The van der Waals surface area contributed by atoms with Gasteiger partial charge in [-0.25, -0.2) is 5.10 Å². The first-order valence-electron chi connectivity index (χ1n) is 12.4. The van der Waals surface area contributed by atoms with E-state index in [0.717, 1.165) is 47.4 Å². The van der Waals surface area contributed by atoms with Crippen LogP contribution in [0.2, 0.25) is 0 Å². The number of ether oxygens (including phenoxy) is 1. The fourth-order valence-electron chi connectivity index (χ4n) is 4.62. The van der Waals surface area contributed by atoms with Crippen LogP contribution >= 0.6 is 0 Å². The number of hydrogen-bond donors (Lipinski definition) is 1. The number of pyridine rings is 1. The number of hydrogen-bond acceptors (Lipinski definition) is 5. The predicted molar refractivity (Wildman–Crippen MR) is 143 cm³/mol. The molecule has 3 heterocycles. The maximum Gasteiger partial charge on any atom is 0.180 e. The second kappa shape index (κ2) is 9.93. The van der Waals surface area contributed by atoms with Crippen LogP contribution in [0.1, 0.15) is 45.2 Å².